The van der Waals surface area contributed by atoms with E-state index >= 15 is 0 Å². The van der Waals surface area contributed by atoms with Crippen LogP contribution in [0.1, 0.15) is 22.1 Å². The average molecular weight is 440 g/mol. The largest absolute Gasteiger partial charge is 0.354 e. The average Bonchev–Trinajstić information content (AvgIpc) is 3.44. The molecule has 1 amide bonds. The van der Waals surface area contributed by atoms with E-state index in [2.05, 4.69) is 53.0 Å². The first-order chi connectivity index (χ1) is 14.6. The second kappa shape index (κ2) is 9.23. The van der Waals surface area contributed by atoms with Crippen molar-refractivity contribution in [3.05, 3.63) is 70.8 Å². The van der Waals surface area contributed by atoms with Crippen LogP contribution in [0.15, 0.2) is 53.8 Å². The molecular formula is C20H21N7OS2. The van der Waals surface area contributed by atoms with Gasteiger partial charge in [-0.2, -0.15) is 0 Å². The zero-order valence-corrected chi connectivity index (χ0v) is 18.3. The standard InChI is InChI=1S/C20H21N7OS2/c1-14-22-24-19(30-14)21-18(28)13-29-20-25-23-17(11-16-9-6-10-26(16)2)27(20)12-15-7-4-3-5-8-15/h3-10H,11-13H2,1-2H3,(H,21,24,28). The van der Waals surface area contributed by atoms with Crippen LogP contribution in [0.3, 0.4) is 0 Å². The molecule has 0 aliphatic heterocycles. The molecule has 8 nitrogen and oxygen atoms in total. The minimum absolute atomic E-state index is 0.144. The van der Waals surface area contributed by atoms with Crippen molar-refractivity contribution >= 4 is 34.1 Å². The van der Waals surface area contributed by atoms with Gasteiger partial charge < -0.3 is 9.13 Å². The van der Waals surface area contributed by atoms with E-state index in [4.69, 9.17) is 0 Å². The Morgan fingerprint density at radius 3 is 2.63 bits per heavy atom. The van der Waals surface area contributed by atoms with Crippen LogP contribution in [0.4, 0.5) is 5.13 Å². The zero-order valence-electron chi connectivity index (χ0n) is 16.6. The summed E-state index contributed by atoms with van der Waals surface area (Å²) >= 11 is 2.72. The summed E-state index contributed by atoms with van der Waals surface area (Å²) in [4.78, 5) is 12.3. The van der Waals surface area contributed by atoms with Crippen LogP contribution in [-0.4, -0.2) is 41.2 Å². The van der Waals surface area contributed by atoms with Gasteiger partial charge in [0.1, 0.15) is 10.8 Å². The first kappa shape index (κ1) is 20.3. The van der Waals surface area contributed by atoms with E-state index in [1.54, 1.807) is 0 Å². The van der Waals surface area contributed by atoms with Crippen molar-refractivity contribution in [2.75, 3.05) is 11.1 Å². The highest BCUT2D eigenvalue weighted by molar-refractivity contribution is 7.99. The van der Waals surface area contributed by atoms with Gasteiger partial charge in [0.25, 0.3) is 0 Å². The molecule has 1 N–H and O–H groups in total. The molecule has 3 heterocycles. The Bertz CT molecular complexity index is 1130. The second-order valence-electron chi connectivity index (χ2n) is 6.72. The van der Waals surface area contributed by atoms with Crippen LogP contribution < -0.4 is 5.32 Å². The summed E-state index contributed by atoms with van der Waals surface area (Å²) in [5.41, 5.74) is 2.30. The lowest BCUT2D eigenvalue weighted by atomic mass is 10.2. The molecule has 0 unspecified atom stereocenters. The predicted molar refractivity (Wildman–Crippen MR) is 118 cm³/mol. The number of carbonyl (C=O) groups excluding carboxylic acids is 1. The number of anilines is 1. The van der Waals surface area contributed by atoms with Crippen molar-refractivity contribution < 1.29 is 4.79 Å². The van der Waals surface area contributed by atoms with E-state index in [0.29, 0.717) is 23.3 Å². The Labute approximate surface area is 182 Å². The number of amides is 1. The molecule has 0 fully saturated rings. The van der Waals surface area contributed by atoms with Crippen LogP contribution >= 0.6 is 23.1 Å². The lowest BCUT2D eigenvalue weighted by Crippen LogP contribution is -2.15. The molecule has 0 radical (unpaired) electrons. The monoisotopic (exact) mass is 439 g/mol. The van der Waals surface area contributed by atoms with Crippen LogP contribution in [-0.2, 0) is 24.8 Å². The van der Waals surface area contributed by atoms with Gasteiger partial charge in [0, 0.05) is 25.4 Å². The number of nitrogens with one attached hydrogen (secondary N) is 1. The van der Waals surface area contributed by atoms with Gasteiger partial charge in [-0.15, -0.1) is 20.4 Å². The Kier molecular flexibility index (Phi) is 6.24. The molecule has 30 heavy (non-hydrogen) atoms. The van der Waals surface area contributed by atoms with Gasteiger partial charge in [-0.3, -0.25) is 10.1 Å². The maximum atomic E-state index is 12.3. The molecule has 0 aliphatic rings. The van der Waals surface area contributed by atoms with Crippen LogP contribution in [0.25, 0.3) is 0 Å². The number of aromatic nitrogens is 6. The van der Waals surface area contributed by atoms with Gasteiger partial charge in [0.2, 0.25) is 11.0 Å². The Morgan fingerprint density at radius 1 is 1.10 bits per heavy atom. The third-order valence-corrected chi connectivity index (χ3v) is 6.19. The summed E-state index contributed by atoms with van der Waals surface area (Å²) < 4.78 is 4.15. The third kappa shape index (κ3) is 4.95. The topological polar surface area (TPSA) is 90.5 Å². The molecule has 0 spiro atoms. The number of carbonyl (C=O) groups is 1. The van der Waals surface area contributed by atoms with Gasteiger partial charge >= 0.3 is 0 Å². The van der Waals surface area contributed by atoms with Crippen molar-refractivity contribution in [1.29, 1.82) is 0 Å². The molecule has 154 valence electrons. The molecule has 4 aromatic rings. The summed E-state index contributed by atoms with van der Waals surface area (Å²) in [7, 11) is 2.02. The van der Waals surface area contributed by atoms with Gasteiger partial charge in [0.15, 0.2) is 5.16 Å². The first-order valence-electron chi connectivity index (χ1n) is 9.37. The quantitative estimate of drug-likeness (QED) is 0.424. The van der Waals surface area contributed by atoms with Gasteiger partial charge in [-0.25, -0.2) is 0 Å². The van der Waals surface area contributed by atoms with E-state index in [1.807, 2.05) is 44.4 Å². The highest BCUT2D eigenvalue weighted by Gasteiger charge is 2.16. The summed E-state index contributed by atoms with van der Waals surface area (Å²) in [5, 5.41) is 21.4. The molecule has 3 aromatic heterocycles. The van der Waals surface area contributed by atoms with Crippen molar-refractivity contribution in [1.82, 2.24) is 29.5 Å². The maximum absolute atomic E-state index is 12.3. The third-order valence-electron chi connectivity index (χ3n) is 4.47. The Hall–Kier alpha value is -2.98. The fourth-order valence-corrected chi connectivity index (χ4v) is 4.32. The normalized spacial score (nSPS) is 11.0. The molecule has 0 bridgehead atoms. The number of aryl methyl sites for hydroxylation is 2. The summed E-state index contributed by atoms with van der Waals surface area (Å²) in [6.45, 7) is 2.50. The highest BCUT2D eigenvalue weighted by atomic mass is 32.2. The number of hydrogen-bond donors (Lipinski definition) is 1. The number of thioether (sulfide) groups is 1. The molecule has 10 heteroatoms. The molecule has 0 atom stereocenters. The Balaban J connectivity index is 1.51. The minimum Gasteiger partial charge on any atom is -0.354 e. The van der Waals surface area contributed by atoms with Crippen molar-refractivity contribution in [3.8, 4) is 0 Å². The molecule has 4 rings (SSSR count). The number of rotatable bonds is 8. The van der Waals surface area contributed by atoms with E-state index in [1.165, 1.54) is 23.1 Å². The van der Waals surface area contributed by atoms with E-state index < -0.39 is 0 Å². The Morgan fingerprint density at radius 2 is 1.93 bits per heavy atom. The van der Waals surface area contributed by atoms with Crippen molar-refractivity contribution in [2.24, 2.45) is 7.05 Å². The SMILES string of the molecule is Cc1nnc(NC(=O)CSc2nnc(Cc3cccn3C)n2Cc2ccccc2)s1. The van der Waals surface area contributed by atoms with E-state index in [-0.39, 0.29) is 11.7 Å². The smallest absolute Gasteiger partial charge is 0.236 e. The van der Waals surface area contributed by atoms with Crippen LogP contribution in [0, 0.1) is 6.92 Å². The zero-order chi connectivity index (χ0) is 20.9. The fraction of sp³-hybridized carbons (Fsp3) is 0.250. The van der Waals surface area contributed by atoms with Crippen molar-refractivity contribution in [3.63, 3.8) is 0 Å². The maximum Gasteiger partial charge on any atom is 0.236 e. The first-order valence-corrected chi connectivity index (χ1v) is 11.2. The number of hydrogen-bond acceptors (Lipinski definition) is 7. The summed E-state index contributed by atoms with van der Waals surface area (Å²) in [6.07, 6.45) is 2.68. The summed E-state index contributed by atoms with van der Waals surface area (Å²) in [6, 6.07) is 14.3. The number of nitrogens with zero attached hydrogens (tertiary/aromatic N) is 6. The van der Waals surface area contributed by atoms with E-state index in [9.17, 15) is 4.79 Å². The molecule has 0 aliphatic carbocycles. The highest BCUT2D eigenvalue weighted by Crippen LogP contribution is 2.21. The summed E-state index contributed by atoms with van der Waals surface area (Å²) in [5.74, 6) is 0.938. The predicted octanol–water partition coefficient (Wildman–Crippen LogP) is 3.15. The van der Waals surface area contributed by atoms with Crippen LogP contribution in [0.5, 0.6) is 0 Å². The van der Waals surface area contributed by atoms with Crippen LogP contribution in [0.2, 0.25) is 0 Å². The molecule has 0 saturated carbocycles. The lowest BCUT2D eigenvalue weighted by molar-refractivity contribution is -0.113. The van der Waals surface area contributed by atoms with Gasteiger partial charge in [-0.05, 0) is 24.6 Å². The number of benzene rings is 1. The van der Waals surface area contributed by atoms with Crippen molar-refractivity contribution in [2.45, 2.75) is 25.0 Å². The fourth-order valence-electron chi connectivity index (χ4n) is 2.96. The molecule has 1 aromatic carbocycles. The molecule has 0 saturated heterocycles. The second-order valence-corrected chi connectivity index (χ2v) is 8.84. The lowest BCUT2D eigenvalue weighted by Gasteiger charge is -2.11. The van der Waals surface area contributed by atoms with Gasteiger partial charge in [0.05, 0.1) is 12.3 Å². The van der Waals surface area contributed by atoms with Gasteiger partial charge in [-0.1, -0.05) is 53.4 Å². The molecular weight excluding hydrogens is 418 g/mol. The minimum atomic E-state index is -0.144. The van der Waals surface area contributed by atoms with E-state index in [0.717, 1.165) is 22.1 Å².